The van der Waals surface area contributed by atoms with Gasteiger partial charge >= 0.3 is 5.97 Å². The van der Waals surface area contributed by atoms with Gasteiger partial charge in [-0.1, -0.05) is 45.7 Å². The van der Waals surface area contributed by atoms with Gasteiger partial charge in [-0.3, -0.25) is 4.79 Å². The van der Waals surface area contributed by atoms with Crippen molar-refractivity contribution in [2.75, 3.05) is 0 Å². The fraction of sp³-hybridized carbons (Fsp3) is 0.136. The van der Waals surface area contributed by atoms with Crippen molar-refractivity contribution < 1.29 is 9.53 Å². The lowest BCUT2D eigenvalue weighted by atomic mass is 10.2. The smallest absolute Gasteiger partial charge is 0.327 e. The van der Waals surface area contributed by atoms with E-state index in [2.05, 4.69) is 40.2 Å². The molecule has 0 N–H and O–H groups in total. The van der Waals surface area contributed by atoms with Crippen LogP contribution >= 0.6 is 27.5 Å². The number of ether oxygens (including phenoxy) is 1. The first-order chi connectivity index (χ1) is 12.8. The molecule has 138 valence electrons. The van der Waals surface area contributed by atoms with E-state index in [1.807, 2.05) is 54.6 Å². The van der Waals surface area contributed by atoms with E-state index in [0.29, 0.717) is 5.75 Å². The molecule has 0 aliphatic rings. The number of alkyl halides is 1. The molecule has 0 saturated carbocycles. The summed E-state index contributed by atoms with van der Waals surface area (Å²) >= 11 is 9.39. The van der Waals surface area contributed by atoms with E-state index in [9.17, 15) is 4.79 Å². The molecule has 3 aromatic rings. The molecule has 0 spiro atoms. The Morgan fingerprint density at radius 3 is 1.85 bits per heavy atom. The van der Waals surface area contributed by atoms with E-state index in [-0.39, 0.29) is 16.9 Å². The van der Waals surface area contributed by atoms with E-state index in [0.717, 1.165) is 9.92 Å². The zero-order chi connectivity index (χ0) is 19.4. The van der Waals surface area contributed by atoms with Crippen LogP contribution in [0.1, 0.15) is 13.8 Å². The summed E-state index contributed by atoms with van der Waals surface area (Å²) in [6.45, 7) is 3.52. The SMILES string of the molecule is CC(C)(Br)C(=O)Oc1ccc([S+](c2ccccc2)c2ccc(Cl)cc2)cc1. The Kier molecular flexibility index (Phi) is 6.30. The highest BCUT2D eigenvalue weighted by Gasteiger charge is 2.29. The molecule has 0 heterocycles. The van der Waals surface area contributed by atoms with Crippen LogP contribution < -0.4 is 4.74 Å². The average Bonchev–Trinajstić information content (AvgIpc) is 2.65. The Bertz CT molecular complexity index is 904. The third-order valence-electron chi connectivity index (χ3n) is 3.78. The molecule has 3 rings (SSSR count). The highest BCUT2D eigenvalue weighted by atomic mass is 79.9. The predicted molar refractivity (Wildman–Crippen MR) is 115 cm³/mol. The molecule has 1 atom stereocenters. The van der Waals surface area contributed by atoms with Gasteiger partial charge in [0, 0.05) is 5.02 Å². The molecule has 5 heteroatoms. The second-order valence-corrected chi connectivity index (χ2v) is 10.9. The molecule has 1 unspecified atom stereocenters. The summed E-state index contributed by atoms with van der Waals surface area (Å²) in [5.41, 5.74) is 0. The fourth-order valence-corrected chi connectivity index (χ4v) is 4.68. The van der Waals surface area contributed by atoms with Crippen molar-refractivity contribution in [3.63, 3.8) is 0 Å². The maximum Gasteiger partial charge on any atom is 0.327 e. The van der Waals surface area contributed by atoms with Gasteiger partial charge in [0.05, 0.1) is 10.9 Å². The third-order valence-corrected chi connectivity index (χ3v) is 6.59. The van der Waals surface area contributed by atoms with Gasteiger partial charge in [-0.05, 0) is 74.5 Å². The summed E-state index contributed by atoms with van der Waals surface area (Å²) in [7, 11) is -0.269. The lowest BCUT2D eigenvalue weighted by Crippen LogP contribution is -2.29. The Hall–Kier alpha value is -1.75. The highest BCUT2D eigenvalue weighted by Crippen LogP contribution is 2.33. The van der Waals surface area contributed by atoms with Crippen molar-refractivity contribution in [1.29, 1.82) is 0 Å². The van der Waals surface area contributed by atoms with Crippen molar-refractivity contribution in [3.8, 4) is 5.75 Å². The van der Waals surface area contributed by atoms with Crippen molar-refractivity contribution >= 4 is 44.4 Å². The summed E-state index contributed by atoms with van der Waals surface area (Å²) < 4.78 is 4.72. The van der Waals surface area contributed by atoms with E-state index in [1.54, 1.807) is 13.8 Å². The van der Waals surface area contributed by atoms with Crippen LogP contribution in [0.15, 0.2) is 93.5 Å². The molecule has 0 fully saturated rings. The molecule has 0 amide bonds. The van der Waals surface area contributed by atoms with E-state index in [1.165, 1.54) is 9.79 Å². The summed E-state index contributed by atoms with van der Waals surface area (Å²) in [5.74, 6) is 0.207. The maximum atomic E-state index is 12.0. The Morgan fingerprint density at radius 1 is 0.852 bits per heavy atom. The van der Waals surface area contributed by atoms with Gasteiger partial charge in [0.25, 0.3) is 0 Å². The van der Waals surface area contributed by atoms with Crippen molar-refractivity contribution in [3.05, 3.63) is 83.9 Å². The topological polar surface area (TPSA) is 26.3 Å². The Balaban J connectivity index is 1.93. The van der Waals surface area contributed by atoms with Gasteiger partial charge < -0.3 is 4.74 Å². The number of esters is 1. The molecule has 0 aliphatic carbocycles. The number of halogens is 2. The van der Waals surface area contributed by atoms with Gasteiger partial charge in [0.15, 0.2) is 14.7 Å². The quantitative estimate of drug-likeness (QED) is 0.187. The van der Waals surface area contributed by atoms with Gasteiger partial charge in [0.1, 0.15) is 10.1 Å². The lowest BCUT2D eigenvalue weighted by molar-refractivity contribution is -0.136. The summed E-state index contributed by atoms with van der Waals surface area (Å²) in [5, 5.41) is 0.718. The molecule has 3 aromatic carbocycles. The monoisotopic (exact) mass is 461 g/mol. The van der Waals surface area contributed by atoms with Crippen molar-refractivity contribution in [1.82, 2.24) is 0 Å². The van der Waals surface area contributed by atoms with Crippen LogP contribution in [-0.2, 0) is 15.7 Å². The minimum Gasteiger partial charge on any atom is -0.426 e. The van der Waals surface area contributed by atoms with Crippen LogP contribution in [0, 0.1) is 0 Å². The van der Waals surface area contributed by atoms with E-state index in [4.69, 9.17) is 16.3 Å². The van der Waals surface area contributed by atoms with Crippen molar-refractivity contribution in [2.45, 2.75) is 32.9 Å². The fourth-order valence-electron chi connectivity index (χ4n) is 2.41. The minimum absolute atomic E-state index is 0.269. The van der Waals surface area contributed by atoms with Crippen LogP contribution in [0.4, 0.5) is 0 Å². The second-order valence-electron chi connectivity index (χ2n) is 6.41. The van der Waals surface area contributed by atoms with Gasteiger partial charge in [-0.2, -0.15) is 0 Å². The number of hydrogen-bond acceptors (Lipinski definition) is 2. The first-order valence-electron chi connectivity index (χ1n) is 8.41. The minimum atomic E-state index is -0.719. The van der Waals surface area contributed by atoms with E-state index < -0.39 is 4.32 Å². The third kappa shape index (κ3) is 5.16. The number of carbonyl (C=O) groups is 1. The molecular weight excluding hydrogens is 444 g/mol. The van der Waals surface area contributed by atoms with Crippen LogP contribution in [0.5, 0.6) is 5.75 Å². The van der Waals surface area contributed by atoms with Crippen LogP contribution in [0.3, 0.4) is 0 Å². The number of hydrogen-bond donors (Lipinski definition) is 0. The zero-order valence-corrected chi connectivity index (χ0v) is 18.1. The first kappa shape index (κ1) is 20.0. The molecule has 0 bridgehead atoms. The molecule has 0 aromatic heterocycles. The van der Waals surface area contributed by atoms with Gasteiger partial charge in [-0.15, -0.1) is 0 Å². The van der Waals surface area contributed by atoms with Crippen LogP contribution in [0.2, 0.25) is 5.02 Å². The highest BCUT2D eigenvalue weighted by molar-refractivity contribution is 9.10. The normalized spacial score (nSPS) is 12.4. The number of rotatable bonds is 5. The molecule has 27 heavy (non-hydrogen) atoms. The summed E-state index contributed by atoms with van der Waals surface area (Å²) in [6.07, 6.45) is 0. The standard InChI is InChI=1S/C22H19BrClO2S/c1-22(2,23)21(25)26-17-10-14-20(15-11-17)27(18-6-4-3-5-7-18)19-12-8-16(24)9-13-19/h3-15H,1-2H3/q+1. The van der Waals surface area contributed by atoms with Crippen molar-refractivity contribution in [2.24, 2.45) is 0 Å². The summed E-state index contributed by atoms with van der Waals surface area (Å²) in [6, 6.07) is 26.0. The summed E-state index contributed by atoms with van der Waals surface area (Å²) in [4.78, 5) is 15.6. The van der Waals surface area contributed by atoms with Gasteiger partial charge in [-0.25, -0.2) is 0 Å². The zero-order valence-electron chi connectivity index (χ0n) is 15.0. The lowest BCUT2D eigenvalue weighted by Gasteiger charge is -2.14. The molecule has 0 aliphatic heterocycles. The molecule has 2 nitrogen and oxygen atoms in total. The molecule has 0 saturated heterocycles. The molecular formula is C22H19BrClO2S+. The van der Waals surface area contributed by atoms with E-state index >= 15 is 0 Å². The average molecular weight is 463 g/mol. The van der Waals surface area contributed by atoms with Crippen LogP contribution in [0.25, 0.3) is 0 Å². The Labute approximate surface area is 176 Å². The predicted octanol–water partition coefficient (Wildman–Crippen LogP) is 6.51. The van der Waals surface area contributed by atoms with Gasteiger partial charge in [0.2, 0.25) is 0 Å². The molecule has 0 radical (unpaired) electrons. The first-order valence-corrected chi connectivity index (χ1v) is 10.8. The Morgan fingerprint density at radius 2 is 1.33 bits per heavy atom. The number of carbonyl (C=O) groups excluding carboxylic acids is 1. The second kappa shape index (κ2) is 8.51. The largest absolute Gasteiger partial charge is 0.426 e. The maximum absolute atomic E-state index is 12.0. The number of benzene rings is 3. The van der Waals surface area contributed by atoms with Crippen LogP contribution in [-0.4, -0.2) is 10.3 Å².